The highest BCUT2D eigenvalue weighted by atomic mass is 35.5. The topological polar surface area (TPSA) is 185 Å². The number of carbonyl (C=O) groups excluding carboxylic acids is 1. The molecule has 2 fully saturated rings. The van der Waals surface area contributed by atoms with Crippen LogP contribution >= 0.6 is 11.6 Å². The number of nitro groups is 1. The molecule has 0 saturated carbocycles. The van der Waals surface area contributed by atoms with Gasteiger partial charge in [0.05, 0.1) is 47.0 Å². The Morgan fingerprint density at radius 1 is 1.00 bits per heavy atom. The van der Waals surface area contributed by atoms with Gasteiger partial charge in [-0.05, 0) is 90.4 Å². The molecule has 2 atom stereocenters. The van der Waals surface area contributed by atoms with Crippen molar-refractivity contribution in [1.29, 1.82) is 0 Å². The number of sulfonamides is 1. The largest absolute Gasteiger partial charge is 0.475 e. The summed E-state index contributed by atoms with van der Waals surface area (Å²) >= 11 is 6.25. The third-order valence-electron chi connectivity index (χ3n) is 13.2. The maximum Gasteiger partial charge on any atom is 0.396 e. The van der Waals surface area contributed by atoms with E-state index in [1.165, 1.54) is 28.2 Å². The molecule has 1 amide bonds. The number of allylic oxidation sites excluding steroid dienone is 1. The molecule has 9 rings (SSSR count). The molecule has 3 aliphatic heterocycles. The number of nitrogens with zero attached hydrogens (tertiary/aromatic N) is 5. The Bertz CT molecular complexity index is 2880. The van der Waals surface area contributed by atoms with Gasteiger partial charge in [0.1, 0.15) is 29.5 Å². The zero-order chi connectivity index (χ0) is 48.7. The number of aromatic nitrogens is 2. The van der Waals surface area contributed by atoms with Crippen molar-refractivity contribution in [2.75, 3.05) is 87.4 Å². The molecule has 3 aromatic carbocycles. The highest BCUT2D eigenvalue weighted by Gasteiger charge is 2.44. The predicted molar refractivity (Wildman–Crippen MR) is 256 cm³/mol. The molecular weight excluding hydrogens is 941 g/mol. The lowest BCUT2D eigenvalue weighted by molar-refractivity contribution is -0.384. The zero-order valence-corrected chi connectivity index (χ0v) is 39.6. The van der Waals surface area contributed by atoms with E-state index in [-0.39, 0.29) is 47.1 Å². The van der Waals surface area contributed by atoms with Crippen molar-refractivity contribution in [3.8, 4) is 5.88 Å². The second-order valence-corrected chi connectivity index (χ2v) is 20.7. The molecular formula is C48H52ClF3N8O8S. The lowest BCUT2D eigenvalue weighted by Gasteiger charge is -2.39. The first-order chi connectivity index (χ1) is 32.9. The number of ether oxygens (including phenoxy) is 3. The average Bonchev–Trinajstić information content (AvgIpc) is 3.70. The second kappa shape index (κ2) is 19.5. The van der Waals surface area contributed by atoms with Crippen LogP contribution in [0, 0.1) is 21.4 Å². The van der Waals surface area contributed by atoms with Crippen molar-refractivity contribution in [1.82, 2.24) is 19.6 Å². The van der Waals surface area contributed by atoms with Gasteiger partial charge >= 0.3 is 6.18 Å². The Hall–Kier alpha value is -5.93. The summed E-state index contributed by atoms with van der Waals surface area (Å²) in [5.41, 5.74) is 4.28. The number of benzene rings is 3. The molecule has 0 radical (unpaired) electrons. The molecule has 1 aliphatic carbocycles. The number of rotatable bonds is 12. The van der Waals surface area contributed by atoms with E-state index >= 15 is 0 Å². The number of nitrogens with one attached hydrogen (secondary N) is 3. The van der Waals surface area contributed by atoms with Gasteiger partial charge in [-0.25, -0.2) is 13.1 Å². The lowest BCUT2D eigenvalue weighted by atomic mass is 9.72. The molecule has 3 N–H and O–H groups in total. The standard InChI is InChI=1S/C48H52ClF3N8O8S/c1-47(2)13-11-32(39(24-47)30-3-5-34(49)6-4-30)26-57-15-17-58(18-16-57)35-7-9-38(41(22-35)59-27-33(48(50,51)52)28-68-46-43(59)21-31-12-14-53-44(31)55-46)45(61)56-69(64,65)37-8-10-40(42(23-37)60(62)63)54-25-36-29-66-19-20-67-36/h3-10,12,14,21-23,33,36,54H,11,13,15-20,24-29H2,1-2H3,(H,53,55)(H,56,61)/t33-,36-/m0/s1. The Balaban J connectivity index is 1.03. The number of hydrogen-bond donors (Lipinski definition) is 3. The number of hydrogen-bond acceptors (Lipinski definition) is 13. The molecule has 16 nitrogen and oxygen atoms in total. The molecule has 21 heteroatoms. The number of H-pyrrole nitrogens is 1. The average molecular weight is 994 g/mol. The van der Waals surface area contributed by atoms with Gasteiger partial charge in [0, 0.05) is 74.2 Å². The summed E-state index contributed by atoms with van der Waals surface area (Å²) in [7, 11) is -4.81. The lowest BCUT2D eigenvalue weighted by Crippen LogP contribution is -2.47. The van der Waals surface area contributed by atoms with Crippen molar-refractivity contribution in [3.05, 3.63) is 111 Å². The zero-order valence-electron chi connectivity index (χ0n) is 38.0. The Labute approximate surface area is 401 Å². The number of halogens is 4. The number of pyridine rings is 1. The number of amides is 1. The minimum atomic E-state index is -4.81. The number of anilines is 4. The maximum atomic E-state index is 14.8. The van der Waals surface area contributed by atoms with E-state index in [9.17, 15) is 36.5 Å². The van der Waals surface area contributed by atoms with Gasteiger partial charge in [0.15, 0.2) is 0 Å². The van der Waals surface area contributed by atoms with E-state index in [2.05, 4.69) is 51.1 Å². The van der Waals surface area contributed by atoms with Crippen LogP contribution in [0.1, 0.15) is 49.0 Å². The first kappa shape index (κ1) is 48.1. The minimum Gasteiger partial charge on any atom is -0.475 e. The van der Waals surface area contributed by atoms with Crippen molar-refractivity contribution in [3.63, 3.8) is 0 Å². The molecule has 69 heavy (non-hydrogen) atoms. The first-order valence-electron chi connectivity index (χ1n) is 22.7. The van der Waals surface area contributed by atoms with E-state index in [1.54, 1.807) is 30.5 Å². The molecule has 366 valence electrons. The molecule has 2 saturated heterocycles. The number of piperazine rings is 1. The second-order valence-electron chi connectivity index (χ2n) is 18.6. The number of fused-ring (bicyclic) bond motifs is 2. The third-order valence-corrected chi connectivity index (χ3v) is 14.8. The van der Waals surface area contributed by atoms with Crippen molar-refractivity contribution >= 4 is 72.6 Å². The van der Waals surface area contributed by atoms with E-state index in [0.717, 1.165) is 43.5 Å². The normalized spacial score (nSPS) is 20.3. The predicted octanol–water partition coefficient (Wildman–Crippen LogP) is 8.57. The fourth-order valence-electron chi connectivity index (χ4n) is 9.35. The van der Waals surface area contributed by atoms with Crippen LogP contribution in [0.4, 0.5) is 41.6 Å². The van der Waals surface area contributed by atoms with Gasteiger partial charge < -0.3 is 34.3 Å². The van der Waals surface area contributed by atoms with Crippen LogP contribution in [0.3, 0.4) is 0 Å². The molecule has 4 aliphatic rings. The Morgan fingerprint density at radius 3 is 2.51 bits per heavy atom. The van der Waals surface area contributed by atoms with Crippen LogP contribution in [-0.4, -0.2) is 119 Å². The fraction of sp³-hybridized carbons (Fsp3) is 0.417. The van der Waals surface area contributed by atoms with Gasteiger partial charge in [0.25, 0.3) is 21.6 Å². The summed E-state index contributed by atoms with van der Waals surface area (Å²) in [6, 6.07) is 19.1. The van der Waals surface area contributed by atoms with Gasteiger partial charge in [-0.3, -0.25) is 19.8 Å². The minimum absolute atomic E-state index is 0.0161. The summed E-state index contributed by atoms with van der Waals surface area (Å²) in [4.78, 5) is 38.5. The molecule has 2 aromatic heterocycles. The van der Waals surface area contributed by atoms with Crippen LogP contribution in [0.15, 0.2) is 89.5 Å². The van der Waals surface area contributed by atoms with E-state index in [1.807, 2.05) is 16.9 Å². The van der Waals surface area contributed by atoms with Crippen LogP contribution in [0.2, 0.25) is 5.02 Å². The number of nitro benzene ring substituents is 1. The molecule has 5 heterocycles. The number of carbonyl (C=O) groups is 1. The molecule has 0 unspecified atom stereocenters. The van der Waals surface area contributed by atoms with Crippen LogP contribution < -0.4 is 24.6 Å². The number of aromatic amines is 1. The SMILES string of the molecule is CC1(C)CCC(CN2CCN(c3ccc(C(=O)NS(=O)(=O)c4ccc(NC[C@H]5COCCO5)c([N+](=O)[O-])c4)c(N4C[C@H](C(F)(F)F)COc5nc6[nH]ccc6cc54)c3)CC2)=C(c2ccc(Cl)cc2)C1. The van der Waals surface area contributed by atoms with Gasteiger partial charge in [-0.15, -0.1) is 0 Å². The van der Waals surface area contributed by atoms with Gasteiger partial charge in [-0.1, -0.05) is 43.2 Å². The van der Waals surface area contributed by atoms with Crippen LogP contribution in [0.25, 0.3) is 16.6 Å². The quantitative estimate of drug-likeness (QED) is 0.0799. The summed E-state index contributed by atoms with van der Waals surface area (Å²) in [5.74, 6) is -3.33. The summed E-state index contributed by atoms with van der Waals surface area (Å²) in [5, 5.41) is 16.3. The smallest absolute Gasteiger partial charge is 0.396 e. The molecule has 0 spiro atoms. The van der Waals surface area contributed by atoms with E-state index < -0.39 is 62.8 Å². The monoisotopic (exact) mass is 992 g/mol. The van der Waals surface area contributed by atoms with Crippen LogP contribution in [0.5, 0.6) is 5.88 Å². The van der Waals surface area contributed by atoms with Crippen molar-refractivity contribution in [2.24, 2.45) is 11.3 Å². The van der Waals surface area contributed by atoms with Crippen molar-refractivity contribution < 1.29 is 45.5 Å². The van der Waals surface area contributed by atoms with Crippen molar-refractivity contribution in [2.45, 2.75) is 50.3 Å². The Kier molecular flexibility index (Phi) is 13.6. The van der Waals surface area contributed by atoms with E-state index in [4.69, 9.17) is 25.8 Å². The first-order valence-corrected chi connectivity index (χ1v) is 24.6. The maximum absolute atomic E-state index is 14.8. The van der Waals surface area contributed by atoms with E-state index in [0.29, 0.717) is 61.1 Å². The molecule has 0 bridgehead atoms. The Morgan fingerprint density at radius 2 is 1.78 bits per heavy atom. The summed E-state index contributed by atoms with van der Waals surface area (Å²) in [6.45, 7) is 7.53. The van der Waals surface area contributed by atoms with Gasteiger partial charge in [-0.2, -0.15) is 18.2 Å². The van der Waals surface area contributed by atoms with Gasteiger partial charge in [0.2, 0.25) is 5.88 Å². The van der Waals surface area contributed by atoms with Crippen LogP contribution in [-0.2, 0) is 19.5 Å². The highest BCUT2D eigenvalue weighted by molar-refractivity contribution is 7.90. The highest BCUT2D eigenvalue weighted by Crippen LogP contribution is 2.45. The number of alkyl halides is 3. The summed E-state index contributed by atoms with van der Waals surface area (Å²) in [6.07, 6.45) is -0.534. The molecule has 5 aromatic rings. The third kappa shape index (κ3) is 10.8. The summed E-state index contributed by atoms with van der Waals surface area (Å²) < 4.78 is 90.9. The fourth-order valence-corrected chi connectivity index (χ4v) is 10.5.